The minimum Gasteiger partial charge on any atom is -0.344 e. The predicted octanol–water partition coefficient (Wildman–Crippen LogP) is 5.69. The highest BCUT2D eigenvalue weighted by molar-refractivity contribution is 5.80. The largest absolute Gasteiger partial charge is 0.344 e. The molecule has 0 fully saturated rings. The lowest BCUT2D eigenvalue weighted by atomic mass is 10.1. The van der Waals surface area contributed by atoms with E-state index in [0.717, 1.165) is 23.0 Å². The summed E-state index contributed by atoms with van der Waals surface area (Å²) in [6.07, 6.45) is 14.7. The van der Waals surface area contributed by atoms with Crippen LogP contribution >= 0.6 is 0 Å². The van der Waals surface area contributed by atoms with E-state index in [1.54, 1.807) is 6.07 Å². The summed E-state index contributed by atoms with van der Waals surface area (Å²) in [6, 6.07) is 9.53. The van der Waals surface area contributed by atoms with Crippen molar-refractivity contribution in [2.45, 2.75) is 58.3 Å². The van der Waals surface area contributed by atoms with Gasteiger partial charge < -0.3 is 4.57 Å². The van der Waals surface area contributed by atoms with E-state index in [4.69, 9.17) is 0 Å². The lowest BCUT2D eigenvalue weighted by Crippen LogP contribution is -2.08. The van der Waals surface area contributed by atoms with Crippen molar-refractivity contribution in [1.82, 2.24) is 4.57 Å². The molecule has 124 valence electrons. The molecule has 0 saturated heterocycles. The molecule has 0 unspecified atom stereocenters. The third-order valence-corrected chi connectivity index (χ3v) is 4.46. The number of hydrogen-bond donors (Lipinski definition) is 0. The van der Waals surface area contributed by atoms with E-state index >= 15 is 0 Å². The van der Waals surface area contributed by atoms with Crippen molar-refractivity contribution >= 4 is 17.0 Å². The second-order valence-electron chi connectivity index (χ2n) is 6.32. The quantitative estimate of drug-likeness (QED) is 0.545. The Morgan fingerprint density at radius 2 is 1.70 bits per heavy atom. The van der Waals surface area contributed by atoms with Crippen molar-refractivity contribution in [2.75, 3.05) is 0 Å². The fourth-order valence-corrected chi connectivity index (χ4v) is 3.01. The molecule has 2 rings (SSSR count). The van der Waals surface area contributed by atoms with Crippen LogP contribution in [0.1, 0.15) is 64.0 Å². The Bertz CT molecular complexity index is 697. The van der Waals surface area contributed by atoms with Crippen LogP contribution in [0, 0.1) is 0 Å². The summed E-state index contributed by atoms with van der Waals surface area (Å²) in [5.41, 5.74) is 2.08. The van der Waals surface area contributed by atoms with E-state index in [0.29, 0.717) is 0 Å². The van der Waals surface area contributed by atoms with Gasteiger partial charge in [0.2, 0.25) is 0 Å². The molecular weight excluding hydrogens is 282 g/mol. The van der Waals surface area contributed by atoms with Crippen molar-refractivity contribution in [2.24, 2.45) is 7.05 Å². The van der Waals surface area contributed by atoms with Crippen molar-refractivity contribution in [1.29, 1.82) is 0 Å². The lowest BCUT2D eigenvalue weighted by Gasteiger charge is -2.09. The maximum atomic E-state index is 12.2. The molecular formula is C21H29NO. The van der Waals surface area contributed by atoms with Gasteiger partial charge in [-0.05, 0) is 31.1 Å². The van der Waals surface area contributed by atoms with Crippen LogP contribution in [0.25, 0.3) is 17.0 Å². The molecule has 0 spiro atoms. The Morgan fingerprint density at radius 1 is 1.00 bits per heavy atom. The summed E-state index contributed by atoms with van der Waals surface area (Å²) < 4.78 is 2.10. The molecule has 0 amide bonds. The first-order chi connectivity index (χ1) is 11.2. The number of benzene rings is 1. The maximum absolute atomic E-state index is 12.2. The van der Waals surface area contributed by atoms with Crippen molar-refractivity contribution in [3.63, 3.8) is 0 Å². The van der Waals surface area contributed by atoms with Gasteiger partial charge >= 0.3 is 0 Å². The third-order valence-electron chi connectivity index (χ3n) is 4.46. The predicted molar refractivity (Wildman–Crippen MR) is 101 cm³/mol. The summed E-state index contributed by atoms with van der Waals surface area (Å²) >= 11 is 0. The third kappa shape index (κ3) is 5.09. The summed E-state index contributed by atoms with van der Waals surface area (Å²) in [7, 11) is 2.02. The lowest BCUT2D eigenvalue weighted by molar-refractivity contribution is 0.592. The number of hydrogen-bond acceptors (Lipinski definition) is 1. The topological polar surface area (TPSA) is 22.0 Å². The van der Waals surface area contributed by atoms with Gasteiger partial charge in [-0.25, -0.2) is 0 Å². The summed E-state index contributed by atoms with van der Waals surface area (Å²) in [5.74, 6) is 0. The fraction of sp³-hybridized carbons (Fsp3) is 0.476. The Hall–Kier alpha value is -1.83. The molecule has 0 aliphatic rings. The van der Waals surface area contributed by atoms with Gasteiger partial charge in [0.1, 0.15) is 0 Å². The van der Waals surface area contributed by atoms with Crippen LogP contribution in [0.4, 0.5) is 0 Å². The van der Waals surface area contributed by atoms with Gasteiger partial charge in [-0.15, -0.1) is 0 Å². The van der Waals surface area contributed by atoms with Crippen LogP contribution in [-0.2, 0) is 7.05 Å². The molecule has 0 atom stereocenters. The van der Waals surface area contributed by atoms with Gasteiger partial charge in [-0.1, -0.05) is 63.7 Å². The van der Waals surface area contributed by atoms with Crippen LogP contribution in [0.15, 0.2) is 41.2 Å². The van der Waals surface area contributed by atoms with Crippen LogP contribution in [0.2, 0.25) is 0 Å². The molecule has 0 aliphatic heterocycles. The zero-order valence-electron chi connectivity index (χ0n) is 14.6. The van der Waals surface area contributed by atoms with E-state index in [9.17, 15) is 4.79 Å². The Morgan fingerprint density at radius 3 is 2.48 bits per heavy atom. The molecule has 0 aliphatic carbocycles. The first-order valence-corrected chi connectivity index (χ1v) is 8.99. The van der Waals surface area contributed by atoms with Gasteiger partial charge in [-0.2, -0.15) is 0 Å². The molecule has 0 saturated carbocycles. The molecule has 1 heterocycles. The average molecular weight is 311 g/mol. The van der Waals surface area contributed by atoms with Crippen molar-refractivity contribution < 1.29 is 0 Å². The summed E-state index contributed by atoms with van der Waals surface area (Å²) in [4.78, 5) is 12.2. The highest BCUT2D eigenvalue weighted by Gasteiger charge is 2.03. The SMILES string of the molecule is CCCCCCCCCC=Cc1cc(=O)c2ccccc2n1C. The van der Waals surface area contributed by atoms with Gasteiger partial charge in [-0.3, -0.25) is 4.79 Å². The second kappa shape index (κ2) is 9.34. The van der Waals surface area contributed by atoms with Crippen LogP contribution in [-0.4, -0.2) is 4.57 Å². The van der Waals surface area contributed by atoms with Crippen molar-refractivity contribution in [3.8, 4) is 0 Å². The van der Waals surface area contributed by atoms with E-state index in [-0.39, 0.29) is 5.43 Å². The molecule has 23 heavy (non-hydrogen) atoms. The number of allylic oxidation sites excluding steroid dienone is 1. The summed E-state index contributed by atoms with van der Waals surface area (Å²) in [6.45, 7) is 2.25. The Labute approximate surface area is 139 Å². The first-order valence-electron chi connectivity index (χ1n) is 8.99. The zero-order chi connectivity index (χ0) is 16.5. The number of nitrogens with zero attached hydrogens (tertiary/aromatic N) is 1. The molecule has 0 N–H and O–H groups in total. The van der Waals surface area contributed by atoms with E-state index in [2.05, 4.69) is 23.6 Å². The number of para-hydroxylation sites is 1. The molecule has 1 aromatic carbocycles. The smallest absolute Gasteiger partial charge is 0.190 e. The van der Waals surface area contributed by atoms with E-state index in [1.165, 1.54) is 44.9 Å². The molecule has 1 aromatic heterocycles. The number of aryl methyl sites for hydroxylation is 1. The van der Waals surface area contributed by atoms with Gasteiger partial charge in [0.05, 0.1) is 5.52 Å². The molecule has 0 radical (unpaired) electrons. The van der Waals surface area contributed by atoms with Crippen LogP contribution in [0.5, 0.6) is 0 Å². The first kappa shape index (κ1) is 17.5. The molecule has 2 heteroatoms. The molecule has 2 aromatic rings. The Balaban J connectivity index is 1.87. The highest BCUT2D eigenvalue weighted by atomic mass is 16.1. The van der Waals surface area contributed by atoms with Gasteiger partial charge in [0.15, 0.2) is 5.43 Å². The number of aromatic nitrogens is 1. The number of pyridine rings is 1. The Kier molecular flexibility index (Phi) is 7.12. The van der Waals surface area contributed by atoms with Crippen molar-refractivity contribution in [3.05, 3.63) is 52.3 Å². The highest BCUT2D eigenvalue weighted by Crippen LogP contribution is 2.13. The average Bonchev–Trinajstić information content (AvgIpc) is 2.57. The van der Waals surface area contributed by atoms with Crippen LogP contribution < -0.4 is 5.43 Å². The van der Waals surface area contributed by atoms with Gasteiger partial charge in [0, 0.05) is 24.2 Å². The number of fused-ring (bicyclic) bond motifs is 1. The fourth-order valence-electron chi connectivity index (χ4n) is 3.01. The number of rotatable bonds is 9. The van der Waals surface area contributed by atoms with E-state index in [1.807, 2.05) is 31.3 Å². The minimum absolute atomic E-state index is 0.106. The molecule has 0 bridgehead atoms. The summed E-state index contributed by atoms with van der Waals surface area (Å²) in [5, 5.41) is 0.791. The zero-order valence-corrected chi connectivity index (χ0v) is 14.6. The monoisotopic (exact) mass is 311 g/mol. The van der Waals surface area contributed by atoms with Gasteiger partial charge in [0.25, 0.3) is 0 Å². The van der Waals surface area contributed by atoms with E-state index < -0.39 is 0 Å². The normalized spacial score (nSPS) is 11.6. The maximum Gasteiger partial charge on any atom is 0.190 e. The van der Waals surface area contributed by atoms with Crippen LogP contribution in [0.3, 0.4) is 0 Å². The number of unbranched alkanes of at least 4 members (excludes halogenated alkanes) is 7. The standard InChI is InChI=1S/C21H29NO/c1-3-4-5-6-7-8-9-10-11-14-18-17-21(23)19-15-12-13-16-20(19)22(18)2/h11-17H,3-10H2,1-2H3. The second-order valence-corrected chi connectivity index (χ2v) is 6.32. The minimum atomic E-state index is 0.106. The molecule has 2 nitrogen and oxygen atoms in total.